The Balaban J connectivity index is 1.83. The molecule has 7 aromatic rings. The molecular formula is C31H21N. The Morgan fingerprint density at radius 1 is 0.438 bits per heavy atom. The third kappa shape index (κ3) is 2.28. The molecular weight excluding hydrogens is 386 g/mol. The van der Waals surface area contributed by atoms with Crippen LogP contribution in [-0.2, 0) is 0 Å². The second-order valence-corrected chi connectivity index (χ2v) is 8.66. The molecule has 1 heteroatoms. The molecule has 0 unspecified atom stereocenters. The minimum absolute atomic E-state index is 1.20. The predicted molar refractivity (Wildman–Crippen MR) is 138 cm³/mol. The van der Waals surface area contributed by atoms with Crippen LogP contribution in [0.25, 0.3) is 59.8 Å². The highest BCUT2D eigenvalue weighted by Gasteiger charge is 2.18. The molecule has 32 heavy (non-hydrogen) atoms. The molecule has 0 spiro atoms. The van der Waals surface area contributed by atoms with Crippen LogP contribution < -0.4 is 0 Å². The first-order valence-electron chi connectivity index (χ1n) is 11.1. The average molecular weight is 408 g/mol. The molecule has 1 aromatic heterocycles. The van der Waals surface area contributed by atoms with Crippen molar-refractivity contribution in [3.05, 3.63) is 115 Å². The lowest BCUT2D eigenvalue weighted by Crippen LogP contribution is -1.95. The molecule has 6 aromatic carbocycles. The fourth-order valence-electron chi connectivity index (χ4n) is 5.41. The Kier molecular flexibility index (Phi) is 3.54. The second-order valence-electron chi connectivity index (χ2n) is 8.66. The van der Waals surface area contributed by atoms with Gasteiger partial charge in [0.1, 0.15) is 0 Å². The SMILES string of the molecule is Cc1ccc(-n2c3ccccc3c3ccc4c5ccccc5c5ccccc5c4c32)cc1. The minimum Gasteiger partial charge on any atom is -0.309 e. The van der Waals surface area contributed by atoms with E-state index in [1.54, 1.807) is 0 Å². The van der Waals surface area contributed by atoms with Crippen molar-refractivity contribution in [2.45, 2.75) is 6.92 Å². The van der Waals surface area contributed by atoms with Gasteiger partial charge >= 0.3 is 0 Å². The van der Waals surface area contributed by atoms with E-state index in [1.165, 1.54) is 65.4 Å². The molecule has 1 nitrogen and oxygen atoms in total. The van der Waals surface area contributed by atoms with Gasteiger partial charge in [0, 0.05) is 21.8 Å². The fourth-order valence-corrected chi connectivity index (χ4v) is 5.41. The molecule has 0 aliphatic carbocycles. The van der Waals surface area contributed by atoms with Crippen molar-refractivity contribution in [3.8, 4) is 5.69 Å². The standard InChI is InChI=1S/C31H21N/c1-20-14-16-21(17-15-20)32-29-13-7-6-11-25(29)28-19-18-27-24-10-3-2-8-22(24)23-9-4-5-12-26(23)30(27)31(28)32/h2-19H,1H3. The molecule has 0 saturated heterocycles. The summed E-state index contributed by atoms with van der Waals surface area (Å²) in [5.41, 5.74) is 5.01. The van der Waals surface area contributed by atoms with Crippen LogP contribution in [0.2, 0.25) is 0 Å². The Morgan fingerprint density at radius 2 is 0.938 bits per heavy atom. The number of fused-ring (bicyclic) bond motifs is 10. The Morgan fingerprint density at radius 3 is 1.62 bits per heavy atom. The first-order valence-corrected chi connectivity index (χ1v) is 11.1. The van der Waals surface area contributed by atoms with Crippen molar-refractivity contribution in [1.29, 1.82) is 0 Å². The molecule has 0 aliphatic rings. The van der Waals surface area contributed by atoms with Gasteiger partial charge < -0.3 is 4.57 Å². The zero-order valence-corrected chi connectivity index (χ0v) is 17.8. The third-order valence-electron chi connectivity index (χ3n) is 6.83. The van der Waals surface area contributed by atoms with Crippen molar-refractivity contribution >= 4 is 54.1 Å². The summed E-state index contributed by atoms with van der Waals surface area (Å²) in [5, 5.41) is 10.5. The molecule has 7 rings (SSSR count). The van der Waals surface area contributed by atoms with E-state index in [9.17, 15) is 0 Å². The summed E-state index contributed by atoms with van der Waals surface area (Å²) in [6, 6.07) is 39.9. The van der Waals surface area contributed by atoms with E-state index in [0.717, 1.165) is 0 Å². The van der Waals surface area contributed by atoms with Crippen LogP contribution in [0.1, 0.15) is 5.56 Å². The van der Waals surface area contributed by atoms with Crippen LogP contribution in [0.5, 0.6) is 0 Å². The zero-order valence-electron chi connectivity index (χ0n) is 17.8. The van der Waals surface area contributed by atoms with Crippen LogP contribution in [0.15, 0.2) is 109 Å². The van der Waals surface area contributed by atoms with Gasteiger partial charge in [0.2, 0.25) is 0 Å². The third-order valence-corrected chi connectivity index (χ3v) is 6.83. The largest absolute Gasteiger partial charge is 0.309 e. The second kappa shape index (κ2) is 6.45. The van der Waals surface area contributed by atoms with Gasteiger partial charge in [0.05, 0.1) is 11.0 Å². The number of aromatic nitrogens is 1. The van der Waals surface area contributed by atoms with Gasteiger partial charge in [0.25, 0.3) is 0 Å². The Hall–Kier alpha value is -4.10. The van der Waals surface area contributed by atoms with Gasteiger partial charge in [0.15, 0.2) is 0 Å². The summed E-state index contributed by atoms with van der Waals surface area (Å²) in [5.74, 6) is 0. The van der Waals surface area contributed by atoms with E-state index in [-0.39, 0.29) is 0 Å². The summed E-state index contributed by atoms with van der Waals surface area (Å²) < 4.78 is 2.45. The van der Waals surface area contributed by atoms with Crippen molar-refractivity contribution in [2.24, 2.45) is 0 Å². The zero-order chi connectivity index (χ0) is 21.2. The van der Waals surface area contributed by atoms with Crippen LogP contribution in [0.4, 0.5) is 0 Å². The predicted octanol–water partition coefficient (Wildman–Crippen LogP) is 8.55. The van der Waals surface area contributed by atoms with Gasteiger partial charge in [-0.3, -0.25) is 0 Å². The number of para-hydroxylation sites is 1. The number of aryl methyl sites for hydroxylation is 1. The van der Waals surface area contributed by atoms with E-state index >= 15 is 0 Å². The molecule has 0 saturated carbocycles. The number of benzene rings is 6. The number of rotatable bonds is 1. The lowest BCUT2D eigenvalue weighted by atomic mass is 9.93. The van der Waals surface area contributed by atoms with Crippen LogP contribution in [0, 0.1) is 6.92 Å². The molecule has 150 valence electrons. The maximum atomic E-state index is 2.45. The molecule has 0 bridgehead atoms. The molecule has 1 heterocycles. The average Bonchev–Trinajstić information content (AvgIpc) is 3.19. The van der Waals surface area contributed by atoms with Gasteiger partial charge in [-0.15, -0.1) is 0 Å². The first kappa shape index (κ1) is 17.6. The highest BCUT2D eigenvalue weighted by atomic mass is 15.0. The van der Waals surface area contributed by atoms with Crippen molar-refractivity contribution in [1.82, 2.24) is 4.57 Å². The fraction of sp³-hybridized carbons (Fsp3) is 0.0323. The summed E-state index contributed by atoms with van der Waals surface area (Å²) in [6.45, 7) is 2.14. The molecule has 0 atom stereocenters. The first-order chi connectivity index (χ1) is 15.8. The highest BCUT2D eigenvalue weighted by Crippen LogP contribution is 2.42. The van der Waals surface area contributed by atoms with Crippen molar-refractivity contribution in [2.75, 3.05) is 0 Å². The smallest absolute Gasteiger partial charge is 0.0625 e. The maximum absolute atomic E-state index is 2.45. The van der Waals surface area contributed by atoms with E-state index in [1.807, 2.05) is 0 Å². The molecule has 0 radical (unpaired) electrons. The monoisotopic (exact) mass is 407 g/mol. The Bertz CT molecular complexity index is 1780. The summed E-state index contributed by atoms with van der Waals surface area (Å²) in [6.07, 6.45) is 0. The molecule has 0 amide bonds. The van der Waals surface area contributed by atoms with Crippen molar-refractivity contribution < 1.29 is 0 Å². The van der Waals surface area contributed by atoms with E-state index in [0.29, 0.717) is 0 Å². The van der Waals surface area contributed by atoms with Gasteiger partial charge in [-0.1, -0.05) is 96.6 Å². The quantitative estimate of drug-likeness (QED) is 0.240. The minimum atomic E-state index is 1.20. The number of nitrogens with zero attached hydrogens (tertiary/aromatic N) is 1. The van der Waals surface area contributed by atoms with E-state index < -0.39 is 0 Å². The normalized spacial score (nSPS) is 11.9. The lowest BCUT2D eigenvalue weighted by molar-refractivity contribution is 1.18. The van der Waals surface area contributed by atoms with Gasteiger partial charge in [-0.25, -0.2) is 0 Å². The lowest BCUT2D eigenvalue weighted by Gasteiger charge is -2.14. The number of hydrogen-bond acceptors (Lipinski definition) is 0. The summed E-state index contributed by atoms with van der Waals surface area (Å²) in [7, 11) is 0. The van der Waals surface area contributed by atoms with Gasteiger partial charge in [-0.05, 0) is 52.1 Å². The molecule has 0 N–H and O–H groups in total. The summed E-state index contributed by atoms with van der Waals surface area (Å²) >= 11 is 0. The summed E-state index contributed by atoms with van der Waals surface area (Å²) in [4.78, 5) is 0. The molecule has 0 fully saturated rings. The Labute approximate surface area is 186 Å². The number of hydrogen-bond donors (Lipinski definition) is 0. The van der Waals surface area contributed by atoms with E-state index in [4.69, 9.17) is 0 Å². The van der Waals surface area contributed by atoms with Crippen LogP contribution in [0.3, 0.4) is 0 Å². The highest BCUT2D eigenvalue weighted by molar-refractivity contribution is 6.33. The van der Waals surface area contributed by atoms with Crippen LogP contribution in [-0.4, -0.2) is 4.57 Å². The molecule has 0 aliphatic heterocycles. The van der Waals surface area contributed by atoms with Crippen molar-refractivity contribution in [3.63, 3.8) is 0 Å². The van der Waals surface area contributed by atoms with Gasteiger partial charge in [-0.2, -0.15) is 0 Å². The van der Waals surface area contributed by atoms with E-state index in [2.05, 4.69) is 121 Å². The maximum Gasteiger partial charge on any atom is 0.0625 e. The topological polar surface area (TPSA) is 4.93 Å². The van der Waals surface area contributed by atoms with Crippen LogP contribution >= 0.6 is 0 Å².